The van der Waals surface area contributed by atoms with E-state index in [0.29, 0.717) is 33.6 Å². The van der Waals surface area contributed by atoms with Gasteiger partial charge in [0.2, 0.25) is 5.82 Å². The van der Waals surface area contributed by atoms with Gasteiger partial charge in [0, 0.05) is 29.2 Å². The molecule has 0 unspecified atom stereocenters. The Hall–Kier alpha value is -3.51. The number of nitrogens with one attached hydrogen (secondary N) is 1. The third-order valence-corrected chi connectivity index (χ3v) is 4.18. The number of amides is 1. The SMILES string of the molecule is O=C(Nc1ccc(-c2nc(-c3ccccc3Cl)no2)cc1)c1cccnc1. The van der Waals surface area contributed by atoms with E-state index < -0.39 is 0 Å². The fourth-order valence-corrected chi connectivity index (χ4v) is 2.71. The first-order valence-electron chi connectivity index (χ1n) is 8.11. The van der Waals surface area contributed by atoms with Gasteiger partial charge in [0.1, 0.15) is 0 Å². The van der Waals surface area contributed by atoms with Crippen LogP contribution in [0, 0.1) is 0 Å². The van der Waals surface area contributed by atoms with Gasteiger partial charge in [-0.3, -0.25) is 9.78 Å². The second kappa shape index (κ2) is 7.39. The zero-order valence-electron chi connectivity index (χ0n) is 14.0. The molecule has 0 saturated heterocycles. The Morgan fingerprint density at radius 1 is 1.00 bits per heavy atom. The van der Waals surface area contributed by atoms with Crippen LogP contribution in [0.2, 0.25) is 5.02 Å². The number of halogens is 1. The molecule has 0 saturated carbocycles. The lowest BCUT2D eigenvalue weighted by molar-refractivity contribution is 0.102. The van der Waals surface area contributed by atoms with Gasteiger partial charge in [0.25, 0.3) is 11.8 Å². The highest BCUT2D eigenvalue weighted by Crippen LogP contribution is 2.28. The summed E-state index contributed by atoms with van der Waals surface area (Å²) in [6.07, 6.45) is 3.13. The van der Waals surface area contributed by atoms with Crippen molar-refractivity contribution >= 4 is 23.2 Å². The van der Waals surface area contributed by atoms with Crippen molar-refractivity contribution in [3.63, 3.8) is 0 Å². The molecule has 2 aromatic heterocycles. The van der Waals surface area contributed by atoms with E-state index in [-0.39, 0.29) is 5.91 Å². The van der Waals surface area contributed by atoms with Crippen LogP contribution in [0.25, 0.3) is 22.8 Å². The number of carbonyl (C=O) groups is 1. The molecule has 0 bridgehead atoms. The molecule has 7 heteroatoms. The second-order valence-electron chi connectivity index (χ2n) is 5.68. The Labute approximate surface area is 159 Å². The predicted molar refractivity (Wildman–Crippen MR) is 102 cm³/mol. The van der Waals surface area contributed by atoms with Crippen LogP contribution in [0.4, 0.5) is 5.69 Å². The summed E-state index contributed by atoms with van der Waals surface area (Å²) in [5.41, 5.74) is 2.58. The standard InChI is InChI=1S/C20H13ClN4O2/c21-17-6-2-1-5-16(17)18-24-20(27-25-18)13-7-9-15(10-8-13)23-19(26)14-4-3-11-22-12-14/h1-12H,(H,23,26). The van der Waals surface area contributed by atoms with Gasteiger partial charge in [0.05, 0.1) is 10.6 Å². The number of carbonyl (C=O) groups excluding carboxylic acids is 1. The van der Waals surface area contributed by atoms with E-state index in [9.17, 15) is 4.79 Å². The average Bonchev–Trinajstić information content (AvgIpc) is 3.19. The first kappa shape index (κ1) is 16.9. The maximum Gasteiger partial charge on any atom is 0.258 e. The van der Waals surface area contributed by atoms with Gasteiger partial charge in [-0.25, -0.2) is 0 Å². The van der Waals surface area contributed by atoms with Crippen LogP contribution in [0.3, 0.4) is 0 Å². The summed E-state index contributed by atoms with van der Waals surface area (Å²) in [4.78, 5) is 20.5. The van der Waals surface area contributed by atoms with Crippen molar-refractivity contribution in [1.82, 2.24) is 15.1 Å². The Bertz CT molecular complexity index is 1080. The molecule has 0 spiro atoms. The van der Waals surface area contributed by atoms with Crippen molar-refractivity contribution in [3.8, 4) is 22.8 Å². The Morgan fingerprint density at radius 2 is 1.81 bits per heavy atom. The minimum Gasteiger partial charge on any atom is -0.334 e. The molecule has 1 N–H and O–H groups in total. The molecule has 0 atom stereocenters. The van der Waals surface area contributed by atoms with Gasteiger partial charge in [0.15, 0.2) is 0 Å². The summed E-state index contributed by atoms with van der Waals surface area (Å²) in [6.45, 7) is 0. The van der Waals surface area contributed by atoms with E-state index >= 15 is 0 Å². The topological polar surface area (TPSA) is 80.9 Å². The quantitative estimate of drug-likeness (QED) is 0.558. The van der Waals surface area contributed by atoms with E-state index in [1.165, 1.54) is 6.20 Å². The van der Waals surface area contributed by atoms with E-state index in [1.54, 1.807) is 48.7 Å². The van der Waals surface area contributed by atoms with Crippen LogP contribution in [0.1, 0.15) is 10.4 Å². The number of hydrogen-bond donors (Lipinski definition) is 1. The first-order valence-corrected chi connectivity index (χ1v) is 8.49. The highest BCUT2D eigenvalue weighted by atomic mass is 35.5. The zero-order chi connectivity index (χ0) is 18.6. The minimum atomic E-state index is -0.227. The van der Waals surface area contributed by atoms with Crippen molar-refractivity contribution in [2.75, 3.05) is 5.32 Å². The van der Waals surface area contributed by atoms with Crippen LogP contribution >= 0.6 is 11.6 Å². The first-order chi connectivity index (χ1) is 13.2. The largest absolute Gasteiger partial charge is 0.334 e. The van der Waals surface area contributed by atoms with E-state index in [2.05, 4.69) is 20.4 Å². The van der Waals surface area contributed by atoms with Gasteiger partial charge < -0.3 is 9.84 Å². The van der Waals surface area contributed by atoms with Crippen LogP contribution in [0.15, 0.2) is 77.6 Å². The van der Waals surface area contributed by atoms with Crippen molar-refractivity contribution in [2.45, 2.75) is 0 Å². The lowest BCUT2D eigenvalue weighted by atomic mass is 10.2. The third kappa shape index (κ3) is 3.70. The highest BCUT2D eigenvalue weighted by Gasteiger charge is 2.13. The van der Waals surface area contributed by atoms with Crippen molar-refractivity contribution in [2.24, 2.45) is 0 Å². The molecule has 0 fully saturated rings. The monoisotopic (exact) mass is 376 g/mol. The van der Waals surface area contributed by atoms with Gasteiger partial charge in [-0.2, -0.15) is 4.98 Å². The zero-order valence-corrected chi connectivity index (χ0v) is 14.7. The van der Waals surface area contributed by atoms with Gasteiger partial charge in [-0.15, -0.1) is 0 Å². The van der Waals surface area contributed by atoms with Crippen LogP contribution < -0.4 is 5.32 Å². The summed E-state index contributed by atoms with van der Waals surface area (Å²) >= 11 is 6.17. The maximum atomic E-state index is 12.2. The average molecular weight is 377 g/mol. The molecule has 4 rings (SSSR count). The summed E-state index contributed by atoms with van der Waals surface area (Å²) in [6, 6.07) is 17.8. The number of nitrogens with zero attached hydrogens (tertiary/aromatic N) is 3. The van der Waals surface area contributed by atoms with Gasteiger partial charge in [-0.05, 0) is 48.5 Å². The van der Waals surface area contributed by atoms with Crippen LogP contribution in [-0.4, -0.2) is 21.0 Å². The molecular formula is C20H13ClN4O2. The minimum absolute atomic E-state index is 0.227. The molecule has 27 heavy (non-hydrogen) atoms. The molecule has 0 aliphatic heterocycles. The highest BCUT2D eigenvalue weighted by molar-refractivity contribution is 6.33. The lowest BCUT2D eigenvalue weighted by Gasteiger charge is -2.05. The van der Waals surface area contributed by atoms with Crippen molar-refractivity contribution in [1.29, 1.82) is 0 Å². The smallest absolute Gasteiger partial charge is 0.258 e. The maximum absolute atomic E-state index is 12.2. The number of benzene rings is 2. The third-order valence-electron chi connectivity index (χ3n) is 3.85. The number of aromatic nitrogens is 3. The number of hydrogen-bond acceptors (Lipinski definition) is 5. The fourth-order valence-electron chi connectivity index (χ4n) is 2.49. The normalized spacial score (nSPS) is 10.6. The molecule has 6 nitrogen and oxygen atoms in total. The molecule has 0 radical (unpaired) electrons. The summed E-state index contributed by atoms with van der Waals surface area (Å²) < 4.78 is 5.34. The number of anilines is 1. The molecule has 2 heterocycles. The Kier molecular flexibility index (Phi) is 4.63. The Morgan fingerprint density at radius 3 is 2.56 bits per heavy atom. The summed E-state index contributed by atoms with van der Waals surface area (Å²) in [7, 11) is 0. The van der Waals surface area contributed by atoms with E-state index in [1.807, 2.05) is 18.2 Å². The van der Waals surface area contributed by atoms with E-state index in [4.69, 9.17) is 16.1 Å². The van der Waals surface area contributed by atoms with Gasteiger partial charge >= 0.3 is 0 Å². The summed E-state index contributed by atoms with van der Waals surface area (Å²) in [5.74, 6) is 0.564. The number of pyridine rings is 1. The number of rotatable bonds is 4. The lowest BCUT2D eigenvalue weighted by Crippen LogP contribution is -2.11. The van der Waals surface area contributed by atoms with Crippen LogP contribution in [0.5, 0.6) is 0 Å². The second-order valence-corrected chi connectivity index (χ2v) is 6.08. The molecule has 4 aromatic rings. The fraction of sp³-hybridized carbons (Fsp3) is 0. The molecule has 2 aromatic carbocycles. The van der Waals surface area contributed by atoms with E-state index in [0.717, 1.165) is 5.56 Å². The van der Waals surface area contributed by atoms with Crippen molar-refractivity contribution < 1.29 is 9.32 Å². The van der Waals surface area contributed by atoms with Gasteiger partial charge in [-0.1, -0.05) is 28.9 Å². The van der Waals surface area contributed by atoms with Crippen molar-refractivity contribution in [3.05, 3.63) is 83.6 Å². The molecule has 0 aliphatic carbocycles. The summed E-state index contributed by atoms with van der Waals surface area (Å²) in [5, 5.41) is 7.35. The Balaban J connectivity index is 1.51. The predicted octanol–water partition coefficient (Wildman–Crippen LogP) is 4.70. The molecule has 0 aliphatic rings. The molecule has 1 amide bonds. The molecule has 132 valence electrons. The molecular weight excluding hydrogens is 364 g/mol. The van der Waals surface area contributed by atoms with Crippen LogP contribution in [-0.2, 0) is 0 Å².